The molecule has 5 nitrogen and oxygen atoms in total. The van der Waals surface area contributed by atoms with E-state index < -0.39 is 5.91 Å². The molecule has 0 aliphatic rings. The van der Waals surface area contributed by atoms with Crippen molar-refractivity contribution >= 4 is 44.0 Å². The second-order valence-electron chi connectivity index (χ2n) is 3.16. The molecule has 4 N–H and O–H groups in total. The molecular weight excluding hydrogens is 306 g/mol. The lowest BCUT2D eigenvalue weighted by Crippen LogP contribution is -2.12. The van der Waals surface area contributed by atoms with Crippen molar-refractivity contribution in [1.29, 1.82) is 0 Å². The zero-order valence-electron chi connectivity index (χ0n) is 8.48. The molecule has 17 heavy (non-hydrogen) atoms. The van der Waals surface area contributed by atoms with Crippen molar-refractivity contribution in [3.63, 3.8) is 0 Å². The van der Waals surface area contributed by atoms with Crippen LogP contribution < -0.4 is 11.1 Å². The summed E-state index contributed by atoms with van der Waals surface area (Å²) in [7, 11) is 0. The summed E-state index contributed by atoms with van der Waals surface area (Å²) >= 11 is 4.35. The van der Waals surface area contributed by atoms with Crippen LogP contribution in [-0.2, 0) is 0 Å². The molecule has 0 aliphatic heterocycles. The van der Waals surface area contributed by atoms with E-state index in [1.807, 2.05) is 0 Å². The Hall–Kier alpha value is -1.60. The number of anilines is 2. The molecular formula is C10H8BrN3O2S. The number of benzene rings is 1. The largest absolute Gasteiger partial charge is 0.505 e. The molecule has 0 fully saturated rings. The van der Waals surface area contributed by atoms with Gasteiger partial charge in [0.1, 0.15) is 5.69 Å². The third-order valence-electron chi connectivity index (χ3n) is 1.99. The van der Waals surface area contributed by atoms with Gasteiger partial charge in [0.15, 0.2) is 10.9 Å². The van der Waals surface area contributed by atoms with Crippen LogP contribution in [0.2, 0.25) is 0 Å². The maximum atomic E-state index is 11.7. The highest BCUT2D eigenvalue weighted by Gasteiger charge is 2.12. The van der Waals surface area contributed by atoms with Crippen molar-refractivity contribution in [2.45, 2.75) is 0 Å². The molecule has 0 spiro atoms. The molecule has 0 aliphatic carbocycles. The first-order chi connectivity index (χ1) is 8.08. The van der Waals surface area contributed by atoms with Gasteiger partial charge in [-0.05, 0) is 28.1 Å². The molecule has 2 rings (SSSR count). The third-order valence-corrected chi connectivity index (χ3v) is 3.30. The molecule has 0 unspecified atom stereocenters. The number of nitrogens with two attached hydrogens (primary N) is 1. The molecule has 88 valence electrons. The SMILES string of the molecule is Nc1nc(C(=O)Nc2cccc(Br)c2O)cs1. The van der Waals surface area contributed by atoms with Gasteiger partial charge in [0.25, 0.3) is 5.91 Å². The Balaban J connectivity index is 2.21. The average Bonchev–Trinajstić information content (AvgIpc) is 2.72. The lowest BCUT2D eigenvalue weighted by atomic mass is 10.3. The number of hydrogen-bond acceptors (Lipinski definition) is 5. The number of carbonyl (C=O) groups excluding carboxylic acids is 1. The van der Waals surface area contributed by atoms with E-state index in [4.69, 9.17) is 5.73 Å². The first-order valence-corrected chi connectivity index (χ1v) is 6.25. The van der Waals surface area contributed by atoms with E-state index in [2.05, 4.69) is 26.2 Å². The second kappa shape index (κ2) is 4.72. The molecule has 0 atom stereocenters. The van der Waals surface area contributed by atoms with Gasteiger partial charge in [0.2, 0.25) is 0 Å². The molecule has 0 radical (unpaired) electrons. The highest BCUT2D eigenvalue weighted by molar-refractivity contribution is 9.10. The molecule has 0 bridgehead atoms. The highest BCUT2D eigenvalue weighted by atomic mass is 79.9. The van der Waals surface area contributed by atoms with Crippen LogP contribution in [0.3, 0.4) is 0 Å². The number of nitrogens with zero attached hydrogens (tertiary/aromatic N) is 1. The minimum Gasteiger partial charge on any atom is -0.505 e. The number of aromatic hydroxyl groups is 1. The van der Waals surface area contributed by atoms with Crippen molar-refractivity contribution in [1.82, 2.24) is 4.98 Å². The summed E-state index contributed by atoms with van der Waals surface area (Å²) in [6.07, 6.45) is 0. The third kappa shape index (κ3) is 2.56. The minimum atomic E-state index is -0.411. The van der Waals surface area contributed by atoms with Crippen molar-refractivity contribution in [3.8, 4) is 5.75 Å². The van der Waals surface area contributed by atoms with E-state index in [9.17, 15) is 9.90 Å². The molecule has 2 aromatic rings. The first-order valence-electron chi connectivity index (χ1n) is 4.58. The fraction of sp³-hybridized carbons (Fsp3) is 0. The van der Waals surface area contributed by atoms with Crippen LogP contribution in [-0.4, -0.2) is 16.0 Å². The zero-order valence-corrected chi connectivity index (χ0v) is 10.9. The zero-order chi connectivity index (χ0) is 12.4. The number of carbonyl (C=O) groups is 1. The molecule has 7 heteroatoms. The van der Waals surface area contributed by atoms with Gasteiger partial charge in [-0.15, -0.1) is 11.3 Å². The lowest BCUT2D eigenvalue weighted by Gasteiger charge is -2.06. The van der Waals surface area contributed by atoms with Crippen LogP contribution in [0.4, 0.5) is 10.8 Å². The number of nitrogens with one attached hydrogen (secondary N) is 1. The normalized spacial score (nSPS) is 10.2. The predicted molar refractivity (Wildman–Crippen MR) is 70.3 cm³/mol. The monoisotopic (exact) mass is 313 g/mol. The van der Waals surface area contributed by atoms with Crippen molar-refractivity contribution in [3.05, 3.63) is 33.7 Å². The highest BCUT2D eigenvalue weighted by Crippen LogP contribution is 2.31. The lowest BCUT2D eigenvalue weighted by molar-refractivity contribution is 0.102. The van der Waals surface area contributed by atoms with Crippen LogP contribution in [0.15, 0.2) is 28.1 Å². The molecule has 1 aromatic heterocycles. The maximum absolute atomic E-state index is 11.7. The van der Waals surface area contributed by atoms with E-state index in [0.717, 1.165) is 0 Å². The Morgan fingerprint density at radius 2 is 2.29 bits per heavy atom. The van der Waals surface area contributed by atoms with Gasteiger partial charge in [-0.1, -0.05) is 6.07 Å². The number of aromatic nitrogens is 1. The Bertz CT molecular complexity index is 570. The fourth-order valence-corrected chi connectivity index (χ4v) is 2.10. The van der Waals surface area contributed by atoms with E-state index in [1.54, 1.807) is 23.6 Å². The summed E-state index contributed by atoms with van der Waals surface area (Å²) in [6.45, 7) is 0. The first kappa shape index (κ1) is 11.9. The number of nitrogen functional groups attached to an aromatic ring is 1. The number of amides is 1. The van der Waals surface area contributed by atoms with Gasteiger partial charge in [-0.25, -0.2) is 4.98 Å². The molecule has 1 aromatic carbocycles. The topological polar surface area (TPSA) is 88.2 Å². The maximum Gasteiger partial charge on any atom is 0.275 e. The van der Waals surface area contributed by atoms with Gasteiger partial charge in [-0.3, -0.25) is 4.79 Å². The van der Waals surface area contributed by atoms with Gasteiger partial charge in [0, 0.05) is 5.38 Å². The summed E-state index contributed by atoms with van der Waals surface area (Å²) in [5, 5.41) is 14.1. The molecule has 1 heterocycles. The van der Waals surface area contributed by atoms with Crippen molar-refractivity contribution in [2.24, 2.45) is 0 Å². The van der Waals surface area contributed by atoms with Gasteiger partial charge in [0.05, 0.1) is 10.2 Å². The number of halogens is 1. The van der Waals surface area contributed by atoms with E-state index in [0.29, 0.717) is 15.3 Å². The number of phenolic OH excluding ortho intramolecular Hbond substituents is 1. The summed E-state index contributed by atoms with van der Waals surface area (Å²) < 4.78 is 0.507. The van der Waals surface area contributed by atoms with Crippen LogP contribution in [0, 0.1) is 0 Å². The Morgan fingerprint density at radius 1 is 1.53 bits per heavy atom. The van der Waals surface area contributed by atoms with Crippen LogP contribution in [0.1, 0.15) is 10.5 Å². The second-order valence-corrected chi connectivity index (χ2v) is 4.91. The van der Waals surface area contributed by atoms with Crippen molar-refractivity contribution in [2.75, 3.05) is 11.1 Å². The van der Waals surface area contributed by atoms with E-state index >= 15 is 0 Å². The van der Waals surface area contributed by atoms with Gasteiger partial charge in [-0.2, -0.15) is 0 Å². The van der Waals surface area contributed by atoms with E-state index in [1.165, 1.54) is 11.3 Å². The number of hydrogen-bond donors (Lipinski definition) is 3. The summed E-state index contributed by atoms with van der Waals surface area (Å²) in [6, 6.07) is 4.97. The van der Waals surface area contributed by atoms with Crippen LogP contribution in [0.25, 0.3) is 0 Å². The fourth-order valence-electron chi connectivity index (χ4n) is 1.19. The predicted octanol–water partition coefficient (Wildman–Crippen LogP) is 2.45. The molecule has 0 saturated carbocycles. The Morgan fingerprint density at radius 3 is 2.94 bits per heavy atom. The van der Waals surface area contributed by atoms with Crippen molar-refractivity contribution < 1.29 is 9.90 Å². The number of thiazole rings is 1. The minimum absolute atomic E-state index is 0.0240. The number of phenols is 1. The van der Waals surface area contributed by atoms with Gasteiger partial charge < -0.3 is 16.2 Å². The number of para-hydroxylation sites is 1. The Kier molecular flexibility index (Phi) is 3.30. The summed E-state index contributed by atoms with van der Waals surface area (Å²) in [5.41, 5.74) is 5.98. The average molecular weight is 314 g/mol. The molecule has 0 saturated heterocycles. The molecule has 1 amide bonds. The van der Waals surface area contributed by atoms with Crippen LogP contribution >= 0.6 is 27.3 Å². The van der Waals surface area contributed by atoms with E-state index in [-0.39, 0.29) is 11.4 Å². The summed E-state index contributed by atoms with van der Waals surface area (Å²) in [4.78, 5) is 15.6. The number of rotatable bonds is 2. The summed E-state index contributed by atoms with van der Waals surface area (Å²) in [5.74, 6) is -0.435. The Labute approximate surface area is 109 Å². The quantitative estimate of drug-likeness (QED) is 0.743. The van der Waals surface area contributed by atoms with Crippen LogP contribution in [0.5, 0.6) is 5.75 Å². The smallest absolute Gasteiger partial charge is 0.275 e. The van der Waals surface area contributed by atoms with Gasteiger partial charge >= 0.3 is 0 Å². The standard InChI is InChI=1S/C10H8BrN3O2S/c11-5-2-1-3-6(8(5)15)13-9(16)7-4-17-10(12)14-7/h1-4,15H,(H2,12,14)(H,13,16).